The Morgan fingerprint density at radius 1 is 0.795 bits per heavy atom. The molecular weight excluding hydrogens is 490 g/mol. The maximum absolute atomic E-state index is 14.3. The van der Waals surface area contributed by atoms with Crippen LogP contribution < -0.4 is 10.3 Å². The zero-order chi connectivity index (χ0) is 26.7. The van der Waals surface area contributed by atoms with Crippen molar-refractivity contribution in [2.75, 3.05) is 4.90 Å². The fourth-order valence-electron chi connectivity index (χ4n) is 6.80. The number of hydrogen-bond donors (Lipinski definition) is 2. The van der Waals surface area contributed by atoms with E-state index in [2.05, 4.69) is 10.5 Å². The Bertz CT molecular complexity index is 1650. The van der Waals surface area contributed by atoms with Gasteiger partial charge in [-0.2, -0.15) is 5.10 Å². The fourth-order valence-corrected chi connectivity index (χ4v) is 6.80. The van der Waals surface area contributed by atoms with Crippen LogP contribution in [0, 0.1) is 11.8 Å². The van der Waals surface area contributed by atoms with Gasteiger partial charge in [-0.25, -0.2) is 10.3 Å². The molecule has 2 atom stereocenters. The van der Waals surface area contributed by atoms with Crippen molar-refractivity contribution in [3.05, 3.63) is 131 Å². The number of benzene rings is 4. The normalized spacial score (nSPS) is 24.4. The number of phenolic OH excluding ortho intramolecular Hbond substituents is 1. The molecule has 3 aliphatic carbocycles. The summed E-state index contributed by atoms with van der Waals surface area (Å²) < 4.78 is 0. The molecule has 1 aliphatic heterocycles. The molecule has 1 saturated heterocycles. The number of hydrazone groups is 1. The lowest BCUT2D eigenvalue weighted by atomic mass is 9.47. The number of aromatic hydroxyl groups is 1. The summed E-state index contributed by atoms with van der Waals surface area (Å²) in [7, 11) is 0. The molecule has 7 nitrogen and oxygen atoms in total. The molecule has 39 heavy (non-hydrogen) atoms. The summed E-state index contributed by atoms with van der Waals surface area (Å²) in [4.78, 5) is 42.5. The van der Waals surface area contributed by atoms with Gasteiger partial charge in [-0.3, -0.25) is 14.4 Å². The van der Waals surface area contributed by atoms with Gasteiger partial charge in [0.2, 0.25) is 11.8 Å². The molecule has 0 spiro atoms. The molecule has 2 bridgehead atoms. The van der Waals surface area contributed by atoms with Gasteiger partial charge in [0.15, 0.2) is 0 Å². The van der Waals surface area contributed by atoms with E-state index in [1.54, 1.807) is 30.5 Å². The Hall–Kier alpha value is -5.04. The van der Waals surface area contributed by atoms with Gasteiger partial charge in [0.1, 0.15) is 5.75 Å². The van der Waals surface area contributed by atoms with Crippen LogP contribution >= 0.6 is 0 Å². The molecule has 1 heterocycles. The SMILES string of the molecule is O=C(N/N=C\C12c3ccccc3C(c3ccccc31)[C@@H]1C(=O)N(c3ccccc3)C(=O)[C@@H]12)c1ccccc1O. The number of nitrogens with zero attached hydrogens (tertiary/aromatic N) is 2. The Morgan fingerprint density at radius 2 is 1.38 bits per heavy atom. The van der Waals surface area contributed by atoms with Crippen LogP contribution in [0.3, 0.4) is 0 Å². The van der Waals surface area contributed by atoms with E-state index in [-0.39, 0.29) is 29.0 Å². The molecule has 4 aliphatic rings. The van der Waals surface area contributed by atoms with Crippen molar-refractivity contribution in [3.8, 4) is 5.75 Å². The molecule has 0 saturated carbocycles. The number of amides is 3. The first-order valence-electron chi connectivity index (χ1n) is 12.8. The summed E-state index contributed by atoms with van der Waals surface area (Å²) in [6, 6.07) is 30.9. The number of carbonyl (C=O) groups is 3. The molecule has 3 amide bonds. The van der Waals surface area contributed by atoms with E-state index in [1.807, 2.05) is 66.7 Å². The van der Waals surface area contributed by atoms with Crippen molar-refractivity contribution >= 4 is 29.6 Å². The Balaban J connectivity index is 1.41. The number of para-hydroxylation sites is 2. The monoisotopic (exact) mass is 513 g/mol. The Kier molecular flexibility index (Phi) is 5.03. The minimum absolute atomic E-state index is 0.0838. The van der Waals surface area contributed by atoms with E-state index in [1.165, 1.54) is 17.0 Å². The summed E-state index contributed by atoms with van der Waals surface area (Å²) in [5, 5.41) is 14.5. The molecule has 7 heteroatoms. The number of rotatable bonds is 4. The molecule has 4 aromatic carbocycles. The first kappa shape index (κ1) is 23.1. The maximum atomic E-state index is 14.3. The van der Waals surface area contributed by atoms with E-state index < -0.39 is 23.2 Å². The maximum Gasteiger partial charge on any atom is 0.275 e. The first-order chi connectivity index (χ1) is 19.0. The predicted octanol–water partition coefficient (Wildman–Crippen LogP) is 4.36. The highest BCUT2D eigenvalue weighted by molar-refractivity contribution is 6.25. The summed E-state index contributed by atoms with van der Waals surface area (Å²) in [6.45, 7) is 0. The van der Waals surface area contributed by atoms with Gasteiger partial charge < -0.3 is 5.11 Å². The molecule has 0 unspecified atom stereocenters. The fraction of sp³-hybridized carbons (Fsp3) is 0.125. The number of hydrogen-bond acceptors (Lipinski definition) is 5. The zero-order valence-electron chi connectivity index (χ0n) is 20.7. The number of phenols is 1. The van der Waals surface area contributed by atoms with Gasteiger partial charge in [-0.1, -0.05) is 78.9 Å². The molecule has 8 rings (SSSR count). The number of nitrogens with one attached hydrogen (secondary N) is 1. The Morgan fingerprint density at radius 3 is 2.05 bits per heavy atom. The van der Waals surface area contributed by atoms with Gasteiger partial charge in [-0.05, 0) is 46.5 Å². The predicted molar refractivity (Wildman–Crippen MR) is 145 cm³/mol. The second kappa shape index (κ2) is 8.49. The van der Waals surface area contributed by atoms with Crippen LogP contribution in [0.1, 0.15) is 38.5 Å². The third-order valence-corrected chi connectivity index (χ3v) is 8.28. The molecule has 4 aromatic rings. The topological polar surface area (TPSA) is 99.1 Å². The van der Waals surface area contributed by atoms with Crippen LogP contribution in [0.25, 0.3) is 0 Å². The number of imide groups is 1. The van der Waals surface area contributed by atoms with Crippen molar-refractivity contribution < 1.29 is 19.5 Å². The van der Waals surface area contributed by atoms with Crippen molar-refractivity contribution in [3.63, 3.8) is 0 Å². The average molecular weight is 514 g/mol. The third-order valence-electron chi connectivity index (χ3n) is 8.28. The van der Waals surface area contributed by atoms with E-state index in [0.717, 1.165) is 22.3 Å². The van der Waals surface area contributed by atoms with Gasteiger partial charge in [0, 0.05) is 12.1 Å². The number of anilines is 1. The van der Waals surface area contributed by atoms with Gasteiger partial charge in [0.25, 0.3) is 5.91 Å². The smallest absolute Gasteiger partial charge is 0.275 e. The minimum atomic E-state index is -1.09. The highest BCUT2D eigenvalue weighted by Crippen LogP contribution is 2.63. The lowest BCUT2D eigenvalue weighted by Crippen LogP contribution is -2.54. The molecular formula is C32H23N3O4. The van der Waals surface area contributed by atoms with Crippen LogP contribution in [-0.2, 0) is 15.0 Å². The van der Waals surface area contributed by atoms with E-state index in [0.29, 0.717) is 5.69 Å². The van der Waals surface area contributed by atoms with Crippen molar-refractivity contribution in [2.45, 2.75) is 11.3 Å². The van der Waals surface area contributed by atoms with Crippen molar-refractivity contribution in [2.24, 2.45) is 16.9 Å². The average Bonchev–Trinajstić information content (AvgIpc) is 3.24. The Labute approximate surface area is 224 Å². The molecule has 0 radical (unpaired) electrons. The summed E-state index contributed by atoms with van der Waals surface area (Å²) >= 11 is 0. The van der Waals surface area contributed by atoms with Crippen LogP contribution in [0.2, 0.25) is 0 Å². The summed E-state index contributed by atoms with van der Waals surface area (Å²) in [6.07, 6.45) is 1.61. The highest BCUT2D eigenvalue weighted by Gasteiger charge is 2.68. The van der Waals surface area contributed by atoms with Crippen LogP contribution in [0.15, 0.2) is 108 Å². The van der Waals surface area contributed by atoms with Gasteiger partial charge in [0.05, 0.1) is 28.5 Å². The molecule has 2 N–H and O–H groups in total. The third kappa shape index (κ3) is 3.10. The first-order valence-corrected chi connectivity index (χ1v) is 12.8. The van der Waals surface area contributed by atoms with Crippen molar-refractivity contribution in [1.29, 1.82) is 0 Å². The lowest BCUT2D eigenvalue weighted by molar-refractivity contribution is -0.122. The quantitative estimate of drug-likeness (QED) is 0.241. The molecule has 190 valence electrons. The largest absolute Gasteiger partial charge is 0.507 e. The summed E-state index contributed by atoms with van der Waals surface area (Å²) in [5.74, 6) is -2.91. The minimum Gasteiger partial charge on any atom is -0.507 e. The second-order valence-corrected chi connectivity index (χ2v) is 10.1. The van der Waals surface area contributed by atoms with E-state index in [4.69, 9.17) is 0 Å². The van der Waals surface area contributed by atoms with E-state index in [9.17, 15) is 19.5 Å². The van der Waals surface area contributed by atoms with E-state index >= 15 is 0 Å². The van der Waals surface area contributed by atoms with Crippen molar-refractivity contribution in [1.82, 2.24) is 5.43 Å². The molecule has 0 aromatic heterocycles. The van der Waals surface area contributed by atoms with Crippen LogP contribution in [0.4, 0.5) is 5.69 Å². The van der Waals surface area contributed by atoms with Crippen LogP contribution in [-0.4, -0.2) is 29.0 Å². The lowest BCUT2D eigenvalue weighted by Gasteiger charge is -2.52. The van der Waals surface area contributed by atoms with Gasteiger partial charge in [-0.15, -0.1) is 0 Å². The molecule has 1 fully saturated rings. The summed E-state index contributed by atoms with van der Waals surface area (Å²) in [5.41, 5.74) is 5.81. The zero-order valence-corrected chi connectivity index (χ0v) is 20.7. The standard InChI is InChI=1S/C32H23N3O4/c36-25-17-9-6-14-22(25)29(37)34-33-18-32-23-15-7-4-12-20(23)26(21-13-5-8-16-24(21)32)27-28(32)31(39)35(30(27)38)19-10-2-1-3-11-19/h1-18,26-28,36H,(H,34,37)/b33-18-/t26?,27-,28+,32?/m0/s1. The van der Waals surface area contributed by atoms with Gasteiger partial charge >= 0.3 is 0 Å². The highest BCUT2D eigenvalue weighted by atomic mass is 16.3. The van der Waals surface area contributed by atoms with Crippen LogP contribution in [0.5, 0.6) is 5.75 Å². The second-order valence-electron chi connectivity index (χ2n) is 10.1. The number of carbonyl (C=O) groups excluding carboxylic acids is 3.